The van der Waals surface area contributed by atoms with Crippen LogP contribution in [0.3, 0.4) is 0 Å². The molecule has 0 aliphatic carbocycles. The molecule has 1 aliphatic rings. The van der Waals surface area contributed by atoms with E-state index in [0.717, 1.165) is 29.1 Å². The Balaban J connectivity index is 2.23. The maximum atomic E-state index is 12.0. The minimum Gasteiger partial charge on any atom is -0.368 e. The first kappa shape index (κ1) is 12.7. The fourth-order valence-corrected chi connectivity index (χ4v) is 2.71. The maximum absolute atomic E-state index is 12.0. The topological polar surface area (TPSA) is 85.8 Å². The van der Waals surface area contributed by atoms with Crippen LogP contribution < -0.4 is 11.1 Å². The van der Waals surface area contributed by atoms with Gasteiger partial charge < -0.3 is 15.6 Å². The Labute approximate surface area is 117 Å². The summed E-state index contributed by atoms with van der Waals surface area (Å²) < 4.78 is 2.16. The molecule has 20 heavy (non-hydrogen) atoms. The molecule has 1 amide bonds. The summed E-state index contributed by atoms with van der Waals surface area (Å²) in [6.45, 7) is 4.87. The van der Waals surface area contributed by atoms with E-state index >= 15 is 0 Å². The van der Waals surface area contributed by atoms with E-state index in [4.69, 9.17) is 5.73 Å². The number of fused-ring (bicyclic) bond motifs is 1. The van der Waals surface area contributed by atoms with Gasteiger partial charge in [-0.1, -0.05) is 0 Å². The standard InChI is InChI=1S/C14H17N5O/c1-8(2)19-11-4-6-16-13(20)9(11)7-12(19)10-3-5-17-14(15)18-10/h3,5,7-8H,4,6H2,1-2H3,(H,16,20)(H2,15,17,18). The van der Waals surface area contributed by atoms with Crippen LogP contribution in [0.25, 0.3) is 11.4 Å². The minimum atomic E-state index is -0.0195. The van der Waals surface area contributed by atoms with Crippen LogP contribution in [-0.4, -0.2) is 27.0 Å². The molecule has 2 aromatic heterocycles. The summed E-state index contributed by atoms with van der Waals surface area (Å²) in [5.41, 5.74) is 9.12. The maximum Gasteiger partial charge on any atom is 0.253 e. The predicted octanol–water partition coefficient (Wildman–Crippen LogP) is 1.39. The first-order valence-electron chi connectivity index (χ1n) is 6.69. The van der Waals surface area contributed by atoms with Gasteiger partial charge in [0.2, 0.25) is 5.95 Å². The van der Waals surface area contributed by atoms with Crippen LogP contribution >= 0.6 is 0 Å². The summed E-state index contributed by atoms with van der Waals surface area (Å²) in [6, 6.07) is 3.95. The lowest BCUT2D eigenvalue weighted by Gasteiger charge is -2.20. The van der Waals surface area contributed by atoms with Crippen LogP contribution in [0, 0.1) is 0 Å². The molecule has 1 aliphatic heterocycles. The normalized spacial score (nSPS) is 14.2. The fraction of sp³-hybridized carbons (Fsp3) is 0.357. The van der Waals surface area contributed by atoms with Crippen molar-refractivity contribution >= 4 is 11.9 Å². The second-order valence-corrected chi connectivity index (χ2v) is 5.16. The van der Waals surface area contributed by atoms with E-state index in [2.05, 4.69) is 33.7 Å². The lowest BCUT2D eigenvalue weighted by molar-refractivity contribution is 0.0945. The summed E-state index contributed by atoms with van der Waals surface area (Å²) in [4.78, 5) is 20.2. The summed E-state index contributed by atoms with van der Waals surface area (Å²) in [5, 5.41) is 2.87. The number of amides is 1. The number of nitrogen functional groups attached to an aromatic ring is 1. The molecule has 0 atom stereocenters. The average molecular weight is 271 g/mol. The highest BCUT2D eigenvalue weighted by molar-refractivity contribution is 5.97. The van der Waals surface area contributed by atoms with E-state index in [1.54, 1.807) is 6.20 Å². The number of nitrogens with one attached hydrogen (secondary N) is 1. The molecule has 0 unspecified atom stereocenters. The third-order valence-electron chi connectivity index (χ3n) is 3.49. The molecule has 0 bridgehead atoms. The van der Waals surface area contributed by atoms with E-state index in [1.165, 1.54) is 0 Å². The zero-order chi connectivity index (χ0) is 14.3. The number of carbonyl (C=O) groups excluding carboxylic acids is 1. The van der Waals surface area contributed by atoms with Crippen molar-refractivity contribution in [3.8, 4) is 11.4 Å². The summed E-state index contributed by atoms with van der Waals surface area (Å²) in [5.74, 6) is 0.218. The van der Waals surface area contributed by atoms with Gasteiger partial charge >= 0.3 is 0 Å². The molecule has 0 saturated carbocycles. The zero-order valence-electron chi connectivity index (χ0n) is 11.6. The van der Waals surface area contributed by atoms with Gasteiger partial charge in [0.05, 0.1) is 17.0 Å². The highest BCUT2D eigenvalue weighted by atomic mass is 16.1. The molecule has 0 aromatic carbocycles. The number of nitrogens with zero attached hydrogens (tertiary/aromatic N) is 3. The Kier molecular flexibility index (Phi) is 2.93. The number of anilines is 1. The number of nitrogens with two attached hydrogens (primary N) is 1. The number of carbonyl (C=O) groups is 1. The van der Waals surface area contributed by atoms with Crippen LogP contribution in [0.2, 0.25) is 0 Å². The van der Waals surface area contributed by atoms with Crippen molar-refractivity contribution in [3.05, 3.63) is 29.6 Å². The molecule has 2 aromatic rings. The lowest BCUT2D eigenvalue weighted by atomic mass is 10.1. The average Bonchev–Trinajstić information content (AvgIpc) is 2.79. The first-order valence-corrected chi connectivity index (χ1v) is 6.69. The van der Waals surface area contributed by atoms with Gasteiger partial charge in [0.1, 0.15) is 0 Å². The largest absolute Gasteiger partial charge is 0.368 e. The van der Waals surface area contributed by atoms with Crippen molar-refractivity contribution in [1.82, 2.24) is 19.9 Å². The smallest absolute Gasteiger partial charge is 0.253 e. The third kappa shape index (κ3) is 1.93. The highest BCUT2D eigenvalue weighted by Gasteiger charge is 2.25. The number of aromatic nitrogens is 3. The van der Waals surface area contributed by atoms with Crippen molar-refractivity contribution in [2.75, 3.05) is 12.3 Å². The quantitative estimate of drug-likeness (QED) is 0.864. The van der Waals surface area contributed by atoms with Gasteiger partial charge in [0.25, 0.3) is 5.91 Å². The Morgan fingerprint density at radius 2 is 2.25 bits per heavy atom. The van der Waals surface area contributed by atoms with Crippen molar-refractivity contribution < 1.29 is 4.79 Å². The first-order chi connectivity index (χ1) is 9.58. The van der Waals surface area contributed by atoms with E-state index in [0.29, 0.717) is 6.54 Å². The summed E-state index contributed by atoms with van der Waals surface area (Å²) in [6.07, 6.45) is 2.47. The Hall–Kier alpha value is -2.37. The zero-order valence-corrected chi connectivity index (χ0v) is 11.6. The van der Waals surface area contributed by atoms with E-state index in [1.807, 2.05) is 12.1 Å². The lowest BCUT2D eigenvalue weighted by Crippen LogP contribution is -2.32. The predicted molar refractivity (Wildman–Crippen MR) is 76.3 cm³/mol. The summed E-state index contributed by atoms with van der Waals surface area (Å²) >= 11 is 0. The number of hydrogen-bond acceptors (Lipinski definition) is 4. The molecule has 0 fully saturated rings. The Bertz CT molecular complexity index is 674. The van der Waals surface area contributed by atoms with Crippen molar-refractivity contribution in [1.29, 1.82) is 0 Å². The molecule has 6 nitrogen and oxygen atoms in total. The van der Waals surface area contributed by atoms with Gasteiger partial charge in [0, 0.05) is 30.9 Å². The third-order valence-corrected chi connectivity index (χ3v) is 3.49. The Morgan fingerprint density at radius 1 is 1.45 bits per heavy atom. The summed E-state index contributed by atoms with van der Waals surface area (Å²) in [7, 11) is 0. The van der Waals surface area contributed by atoms with Gasteiger partial charge in [-0.05, 0) is 26.0 Å². The molecular weight excluding hydrogens is 254 g/mol. The SMILES string of the molecule is CC(C)n1c(-c2ccnc(N)n2)cc2c1CCNC2=O. The molecule has 3 heterocycles. The van der Waals surface area contributed by atoms with Crippen LogP contribution in [0.4, 0.5) is 5.95 Å². The molecule has 0 radical (unpaired) electrons. The second kappa shape index (κ2) is 4.63. The van der Waals surface area contributed by atoms with Crippen LogP contribution in [0.15, 0.2) is 18.3 Å². The second-order valence-electron chi connectivity index (χ2n) is 5.16. The van der Waals surface area contributed by atoms with Crippen LogP contribution in [0.5, 0.6) is 0 Å². The van der Waals surface area contributed by atoms with Gasteiger partial charge in [-0.2, -0.15) is 0 Å². The van der Waals surface area contributed by atoms with Crippen molar-refractivity contribution in [2.24, 2.45) is 0 Å². The van der Waals surface area contributed by atoms with Gasteiger partial charge in [0.15, 0.2) is 0 Å². The number of rotatable bonds is 2. The van der Waals surface area contributed by atoms with Gasteiger partial charge in [-0.15, -0.1) is 0 Å². The molecule has 104 valence electrons. The molecule has 6 heteroatoms. The highest BCUT2D eigenvalue weighted by Crippen LogP contribution is 2.30. The van der Waals surface area contributed by atoms with Gasteiger partial charge in [-0.25, -0.2) is 9.97 Å². The monoisotopic (exact) mass is 271 g/mol. The Morgan fingerprint density at radius 3 is 2.95 bits per heavy atom. The van der Waals surface area contributed by atoms with Crippen molar-refractivity contribution in [2.45, 2.75) is 26.3 Å². The van der Waals surface area contributed by atoms with E-state index < -0.39 is 0 Å². The molecule has 0 spiro atoms. The van der Waals surface area contributed by atoms with Crippen LogP contribution in [-0.2, 0) is 6.42 Å². The van der Waals surface area contributed by atoms with Crippen LogP contribution in [0.1, 0.15) is 35.9 Å². The van der Waals surface area contributed by atoms with Crippen molar-refractivity contribution in [3.63, 3.8) is 0 Å². The molecule has 3 N–H and O–H groups in total. The number of hydrogen-bond donors (Lipinski definition) is 2. The minimum absolute atomic E-state index is 0.0195. The van der Waals surface area contributed by atoms with Gasteiger partial charge in [-0.3, -0.25) is 4.79 Å². The fourth-order valence-electron chi connectivity index (χ4n) is 2.71. The van der Waals surface area contributed by atoms with E-state index in [-0.39, 0.29) is 17.9 Å². The molecule has 3 rings (SSSR count). The molecular formula is C14H17N5O. The van der Waals surface area contributed by atoms with E-state index in [9.17, 15) is 4.79 Å². The molecule has 0 saturated heterocycles.